The van der Waals surface area contributed by atoms with Crippen molar-refractivity contribution in [3.05, 3.63) is 0 Å². The normalized spacial score (nSPS) is 14.5. The number of carbonyl (C=O) groups is 5. The summed E-state index contributed by atoms with van der Waals surface area (Å²) in [6.45, 7) is 3.86. The van der Waals surface area contributed by atoms with Crippen LogP contribution >= 0.6 is 23.5 Å². The summed E-state index contributed by atoms with van der Waals surface area (Å²) in [6, 6.07) is -4.14. The smallest absolute Gasteiger partial charge is 0.326 e. The van der Waals surface area contributed by atoms with Crippen LogP contribution in [-0.4, -0.2) is 88.1 Å². The summed E-state index contributed by atoms with van der Waals surface area (Å²) in [4.78, 5) is 60.4. The van der Waals surface area contributed by atoms with Crippen LogP contribution in [0.5, 0.6) is 0 Å². The van der Waals surface area contributed by atoms with Crippen LogP contribution in [-0.2, 0) is 24.0 Å². The Bertz CT molecular complexity index is 694. The van der Waals surface area contributed by atoms with Crippen LogP contribution in [0.1, 0.15) is 46.0 Å². The number of nitrogens with one attached hydrogen (secondary N) is 3. The van der Waals surface area contributed by atoms with E-state index in [0.717, 1.165) is 0 Å². The number of nitrogens with two attached hydrogens (primary N) is 1. The molecule has 0 saturated heterocycles. The zero-order chi connectivity index (χ0) is 26.3. The SMILES string of the molecule is CSCCC(NC(=O)C(N)CC(C)C)C(=O)NC(CCSC)C(=O)NC(CCC(=O)O)C(=O)O. The van der Waals surface area contributed by atoms with Crippen molar-refractivity contribution in [2.24, 2.45) is 11.7 Å². The molecular formula is C21H38N4O7S2. The van der Waals surface area contributed by atoms with Crippen LogP contribution in [0.2, 0.25) is 0 Å². The highest BCUT2D eigenvalue weighted by atomic mass is 32.2. The molecule has 0 aromatic heterocycles. The number of amides is 3. The van der Waals surface area contributed by atoms with Crippen molar-refractivity contribution in [2.45, 2.75) is 70.1 Å². The summed E-state index contributed by atoms with van der Waals surface area (Å²) >= 11 is 2.93. The van der Waals surface area contributed by atoms with Gasteiger partial charge < -0.3 is 31.9 Å². The lowest BCUT2D eigenvalue weighted by atomic mass is 10.0. The van der Waals surface area contributed by atoms with Gasteiger partial charge in [-0.2, -0.15) is 23.5 Å². The van der Waals surface area contributed by atoms with E-state index in [4.69, 9.17) is 10.8 Å². The quantitative estimate of drug-likeness (QED) is 0.146. The number of thioether (sulfide) groups is 2. The van der Waals surface area contributed by atoms with Gasteiger partial charge >= 0.3 is 11.9 Å². The van der Waals surface area contributed by atoms with Crippen LogP contribution in [0.4, 0.5) is 0 Å². The largest absolute Gasteiger partial charge is 0.481 e. The Hall–Kier alpha value is -1.99. The minimum absolute atomic E-state index is 0.196. The number of hydrogen-bond acceptors (Lipinski definition) is 8. The zero-order valence-electron chi connectivity index (χ0n) is 20.2. The number of carboxylic acids is 2. The van der Waals surface area contributed by atoms with Gasteiger partial charge in [-0.25, -0.2) is 4.79 Å². The maximum absolute atomic E-state index is 13.0. The van der Waals surface area contributed by atoms with Crippen molar-refractivity contribution in [2.75, 3.05) is 24.0 Å². The number of aliphatic carboxylic acids is 2. The molecule has 0 aliphatic heterocycles. The highest BCUT2D eigenvalue weighted by Crippen LogP contribution is 2.08. The van der Waals surface area contributed by atoms with E-state index in [9.17, 15) is 29.1 Å². The minimum atomic E-state index is -1.40. The third-order valence-corrected chi connectivity index (χ3v) is 6.10. The van der Waals surface area contributed by atoms with E-state index in [2.05, 4.69) is 16.0 Å². The number of carboxylic acid groups (broad SMARTS) is 2. The van der Waals surface area contributed by atoms with Crippen LogP contribution < -0.4 is 21.7 Å². The molecule has 13 heteroatoms. The van der Waals surface area contributed by atoms with Crippen molar-refractivity contribution in [3.63, 3.8) is 0 Å². The molecule has 0 spiro atoms. The molecule has 0 aromatic rings. The molecule has 3 amide bonds. The fourth-order valence-corrected chi connectivity index (χ4v) is 3.92. The Morgan fingerprint density at radius 3 is 1.59 bits per heavy atom. The van der Waals surface area contributed by atoms with Gasteiger partial charge in [-0.1, -0.05) is 13.8 Å². The topological polar surface area (TPSA) is 188 Å². The Morgan fingerprint density at radius 1 is 0.765 bits per heavy atom. The third-order valence-electron chi connectivity index (χ3n) is 4.81. The monoisotopic (exact) mass is 522 g/mol. The molecule has 0 aromatic carbocycles. The van der Waals surface area contributed by atoms with E-state index in [1.807, 2.05) is 26.4 Å². The van der Waals surface area contributed by atoms with Gasteiger partial charge in [0.1, 0.15) is 18.1 Å². The Morgan fingerprint density at radius 2 is 1.21 bits per heavy atom. The molecule has 0 bridgehead atoms. The molecule has 196 valence electrons. The van der Waals surface area contributed by atoms with Crippen LogP contribution in [0, 0.1) is 5.92 Å². The van der Waals surface area contributed by atoms with Gasteiger partial charge in [0.2, 0.25) is 17.7 Å². The summed E-state index contributed by atoms with van der Waals surface area (Å²) < 4.78 is 0. The van der Waals surface area contributed by atoms with E-state index in [1.165, 1.54) is 23.5 Å². The molecular weight excluding hydrogens is 484 g/mol. The lowest BCUT2D eigenvalue weighted by Crippen LogP contribution is -2.57. The van der Waals surface area contributed by atoms with E-state index in [-0.39, 0.29) is 18.8 Å². The first-order valence-electron chi connectivity index (χ1n) is 11.0. The fourth-order valence-electron chi connectivity index (χ4n) is 2.97. The first-order valence-corrected chi connectivity index (χ1v) is 13.8. The summed E-state index contributed by atoms with van der Waals surface area (Å²) in [7, 11) is 0. The zero-order valence-corrected chi connectivity index (χ0v) is 21.8. The van der Waals surface area contributed by atoms with E-state index < -0.39 is 60.2 Å². The lowest BCUT2D eigenvalue weighted by molar-refractivity contribution is -0.143. The molecule has 0 radical (unpaired) electrons. The van der Waals surface area contributed by atoms with Crippen LogP contribution in [0.25, 0.3) is 0 Å². The van der Waals surface area contributed by atoms with Crippen molar-refractivity contribution in [3.8, 4) is 0 Å². The van der Waals surface area contributed by atoms with Gasteiger partial charge in [0, 0.05) is 6.42 Å². The molecule has 0 fully saturated rings. The van der Waals surface area contributed by atoms with Gasteiger partial charge in [0.05, 0.1) is 6.04 Å². The fraction of sp³-hybridized carbons (Fsp3) is 0.762. The first-order chi connectivity index (χ1) is 15.9. The molecule has 4 unspecified atom stereocenters. The molecule has 4 atom stereocenters. The second-order valence-electron chi connectivity index (χ2n) is 8.25. The summed E-state index contributed by atoms with van der Waals surface area (Å²) in [6.07, 6.45) is 3.95. The van der Waals surface area contributed by atoms with Crippen LogP contribution in [0.3, 0.4) is 0 Å². The minimum Gasteiger partial charge on any atom is -0.481 e. The highest BCUT2D eigenvalue weighted by molar-refractivity contribution is 7.98. The molecule has 11 nitrogen and oxygen atoms in total. The van der Waals surface area contributed by atoms with Gasteiger partial charge in [0.15, 0.2) is 0 Å². The Kier molecular flexibility index (Phi) is 16.4. The van der Waals surface area contributed by atoms with E-state index in [1.54, 1.807) is 0 Å². The molecule has 7 N–H and O–H groups in total. The highest BCUT2D eigenvalue weighted by Gasteiger charge is 2.30. The van der Waals surface area contributed by atoms with Gasteiger partial charge in [0.25, 0.3) is 0 Å². The van der Waals surface area contributed by atoms with Gasteiger partial charge in [-0.15, -0.1) is 0 Å². The van der Waals surface area contributed by atoms with Crippen molar-refractivity contribution >= 4 is 53.2 Å². The maximum Gasteiger partial charge on any atom is 0.326 e. The summed E-state index contributed by atoms with van der Waals surface area (Å²) in [5.74, 6) is -3.03. The Balaban J connectivity index is 5.41. The second-order valence-corrected chi connectivity index (χ2v) is 10.2. The standard InChI is InChI=1S/C21H38N4O7S2/c1-12(2)11-13(22)18(28)23-14(7-9-33-3)19(29)24-15(8-10-34-4)20(30)25-16(21(31)32)5-6-17(26)27/h12-16H,5-11,22H2,1-4H3,(H,23,28)(H,24,29)(H,25,30)(H,26,27)(H,31,32). The first kappa shape index (κ1) is 32.0. The molecule has 34 heavy (non-hydrogen) atoms. The Labute approximate surface area is 209 Å². The number of carbonyl (C=O) groups excluding carboxylic acids is 3. The second kappa shape index (κ2) is 17.4. The number of rotatable bonds is 18. The molecule has 0 aliphatic rings. The van der Waals surface area contributed by atoms with Crippen molar-refractivity contribution in [1.82, 2.24) is 16.0 Å². The van der Waals surface area contributed by atoms with Crippen LogP contribution in [0.15, 0.2) is 0 Å². The van der Waals surface area contributed by atoms with Gasteiger partial charge in [-0.05, 0) is 55.6 Å². The molecule has 0 aliphatic carbocycles. The van der Waals surface area contributed by atoms with Crippen molar-refractivity contribution in [1.29, 1.82) is 0 Å². The molecule has 0 rings (SSSR count). The number of hydrogen-bond donors (Lipinski definition) is 6. The van der Waals surface area contributed by atoms with Gasteiger partial charge in [-0.3, -0.25) is 19.2 Å². The lowest BCUT2D eigenvalue weighted by Gasteiger charge is -2.25. The average molecular weight is 523 g/mol. The summed E-state index contributed by atoms with van der Waals surface area (Å²) in [5, 5.41) is 25.7. The van der Waals surface area contributed by atoms with Crippen molar-refractivity contribution < 1.29 is 34.2 Å². The third kappa shape index (κ3) is 13.7. The predicted octanol–water partition coefficient (Wildman–Crippen LogP) is 0.270. The van der Waals surface area contributed by atoms with E-state index >= 15 is 0 Å². The molecule has 0 heterocycles. The average Bonchev–Trinajstić information content (AvgIpc) is 2.75. The predicted molar refractivity (Wildman–Crippen MR) is 134 cm³/mol. The van der Waals surface area contributed by atoms with E-state index in [0.29, 0.717) is 24.3 Å². The maximum atomic E-state index is 13.0. The molecule has 0 saturated carbocycles. The summed E-state index contributed by atoms with van der Waals surface area (Å²) in [5.41, 5.74) is 5.93.